The van der Waals surface area contributed by atoms with E-state index in [4.69, 9.17) is 4.74 Å². The van der Waals surface area contributed by atoms with Gasteiger partial charge in [-0.25, -0.2) is 0 Å². The van der Waals surface area contributed by atoms with Gasteiger partial charge in [0.25, 0.3) is 0 Å². The van der Waals surface area contributed by atoms with Gasteiger partial charge < -0.3 is 19.8 Å². The molecule has 2 fully saturated rings. The van der Waals surface area contributed by atoms with E-state index in [2.05, 4.69) is 6.92 Å². The Bertz CT molecular complexity index is 683. The number of amides is 1. The first kappa shape index (κ1) is 21.1. The van der Waals surface area contributed by atoms with Gasteiger partial charge in [0.2, 0.25) is 5.91 Å². The second kappa shape index (κ2) is 8.83. The van der Waals surface area contributed by atoms with Crippen molar-refractivity contribution in [3.8, 4) is 5.75 Å². The van der Waals surface area contributed by atoms with Gasteiger partial charge in [0, 0.05) is 13.1 Å². The summed E-state index contributed by atoms with van der Waals surface area (Å²) in [7, 11) is 0. The Hall–Kier alpha value is -1.59. The molecule has 0 radical (unpaired) electrons. The van der Waals surface area contributed by atoms with E-state index < -0.39 is 11.2 Å². The Morgan fingerprint density at radius 2 is 1.68 bits per heavy atom. The maximum atomic E-state index is 12.7. The van der Waals surface area contributed by atoms with Crippen molar-refractivity contribution in [3.05, 3.63) is 29.3 Å². The fraction of sp³-hybridized carbons (Fsp3) is 0.696. The quantitative estimate of drug-likeness (QED) is 0.808. The summed E-state index contributed by atoms with van der Waals surface area (Å²) >= 11 is 0. The highest BCUT2D eigenvalue weighted by Crippen LogP contribution is 2.32. The Morgan fingerprint density at radius 3 is 2.39 bits per heavy atom. The number of rotatable bonds is 5. The molecule has 156 valence electrons. The van der Waals surface area contributed by atoms with E-state index in [1.807, 2.05) is 30.0 Å². The monoisotopic (exact) mass is 389 g/mol. The highest BCUT2D eigenvalue weighted by molar-refractivity contribution is 5.77. The number of nitrogens with zero attached hydrogens (tertiary/aromatic N) is 1. The van der Waals surface area contributed by atoms with Gasteiger partial charge in [-0.15, -0.1) is 0 Å². The molecule has 28 heavy (non-hydrogen) atoms. The first-order chi connectivity index (χ1) is 13.3. The summed E-state index contributed by atoms with van der Waals surface area (Å²) in [6.07, 6.45) is 6.67. The molecule has 2 N–H and O–H groups in total. The van der Waals surface area contributed by atoms with Gasteiger partial charge in [0.05, 0.1) is 12.0 Å². The molecule has 1 unspecified atom stereocenters. The number of carbonyl (C=O) groups excluding carboxylic acids is 1. The van der Waals surface area contributed by atoms with E-state index in [-0.39, 0.29) is 18.9 Å². The summed E-state index contributed by atoms with van der Waals surface area (Å²) in [6.45, 7) is 5.50. The fourth-order valence-electron chi connectivity index (χ4n) is 4.37. The van der Waals surface area contributed by atoms with Crippen LogP contribution in [0.3, 0.4) is 0 Å². The zero-order chi connectivity index (χ0) is 20.2. The molecule has 1 aromatic carbocycles. The number of carbonyl (C=O) groups is 1. The molecule has 0 aromatic heterocycles. The molecule has 1 aromatic rings. The Balaban J connectivity index is 1.52. The molecule has 5 nitrogen and oxygen atoms in total. The zero-order valence-corrected chi connectivity index (χ0v) is 17.4. The lowest BCUT2D eigenvalue weighted by atomic mass is 9.82. The molecule has 1 saturated heterocycles. The lowest BCUT2D eigenvalue weighted by Gasteiger charge is -2.33. The van der Waals surface area contributed by atoms with Crippen LogP contribution in [-0.2, 0) is 4.79 Å². The molecule has 1 heterocycles. The van der Waals surface area contributed by atoms with Crippen LogP contribution in [0.1, 0.15) is 68.9 Å². The van der Waals surface area contributed by atoms with Crippen LogP contribution >= 0.6 is 0 Å². The summed E-state index contributed by atoms with van der Waals surface area (Å²) < 4.78 is 5.88. The summed E-state index contributed by atoms with van der Waals surface area (Å²) in [5.41, 5.74) is 0.636. The van der Waals surface area contributed by atoms with Gasteiger partial charge in [-0.05, 0) is 69.2 Å². The van der Waals surface area contributed by atoms with Crippen molar-refractivity contribution in [1.29, 1.82) is 0 Å². The zero-order valence-electron chi connectivity index (χ0n) is 17.4. The molecule has 0 bridgehead atoms. The van der Waals surface area contributed by atoms with Crippen LogP contribution in [0.2, 0.25) is 0 Å². The van der Waals surface area contributed by atoms with E-state index >= 15 is 0 Å². The van der Waals surface area contributed by atoms with Crippen molar-refractivity contribution in [3.63, 3.8) is 0 Å². The maximum Gasteiger partial charge on any atom is 0.225 e. The number of aryl methyl sites for hydroxylation is 2. The third kappa shape index (κ3) is 5.48. The van der Waals surface area contributed by atoms with Crippen LogP contribution in [0.4, 0.5) is 0 Å². The molecule has 2 aliphatic rings. The van der Waals surface area contributed by atoms with Crippen LogP contribution in [0.15, 0.2) is 18.2 Å². The number of likely N-dealkylation sites (tertiary alicyclic amines) is 1. The molecule has 0 spiro atoms. The molecule has 5 heteroatoms. The van der Waals surface area contributed by atoms with Crippen molar-refractivity contribution in [2.75, 3.05) is 19.7 Å². The van der Waals surface area contributed by atoms with Crippen LogP contribution in [0.25, 0.3) is 0 Å². The van der Waals surface area contributed by atoms with Crippen molar-refractivity contribution in [2.24, 2.45) is 0 Å². The number of benzene rings is 1. The lowest BCUT2D eigenvalue weighted by Crippen LogP contribution is -2.42. The van der Waals surface area contributed by atoms with Crippen LogP contribution in [0.5, 0.6) is 5.75 Å². The third-order valence-electron chi connectivity index (χ3n) is 6.52. The molecule has 3 rings (SSSR count). The van der Waals surface area contributed by atoms with Crippen LogP contribution < -0.4 is 4.74 Å². The van der Waals surface area contributed by atoms with Gasteiger partial charge >= 0.3 is 0 Å². The average molecular weight is 390 g/mol. The number of hydrogen-bond acceptors (Lipinski definition) is 4. The smallest absolute Gasteiger partial charge is 0.225 e. The first-order valence-corrected chi connectivity index (χ1v) is 10.7. The Morgan fingerprint density at radius 1 is 0.964 bits per heavy atom. The SMILES string of the molecule is Cc1ccc(OCC2(O)CCCN(C(=O)CC3(O)CCCCC3)CC2)cc1C. The van der Waals surface area contributed by atoms with Gasteiger partial charge in [-0.2, -0.15) is 0 Å². The second-order valence-corrected chi connectivity index (χ2v) is 8.96. The standard InChI is InChI=1S/C23H35NO4/c1-18-7-8-20(15-19(18)2)28-17-23(27)11-6-13-24(14-12-23)21(25)16-22(26)9-4-3-5-10-22/h7-8,15,26-27H,3-6,9-14,16-17H2,1-2H3. The van der Waals surface area contributed by atoms with Gasteiger partial charge in [-0.3, -0.25) is 4.79 Å². The Labute approximate surface area is 168 Å². The average Bonchev–Trinajstić information content (AvgIpc) is 2.85. The predicted octanol–water partition coefficient (Wildman–Crippen LogP) is 3.51. The first-order valence-electron chi connectivity index (χ1n) is 10.7. The minimum Gasteiger partial charge on any atom is -0.491 e. The summed E-state index contributed by atoms with van der Waals surface area (Å²) in [5, 5.41) is 21.7. The second-order valence-electron chi connectivity index (χ2n) is 8.96. The molecule has 1 amide bonds. The van der Waals surface area contributed by atoms with Crippen LogP contribution in [-0.4, -0.2) is 51.9 Å². The maximum absolute atomic E-state index is 12.7. The molecule has 1 atom stereocenters. The van der Waals surface area contributed by atoms with E-state index in [1.165, 1.54) is 11.1 Å². The number of aliphatic hydroxyl groups is 2. The van der Waals surface area contributed by atoms with Gasteiger partial charge in [-0.1, -0.05) is 25.3 Å². The van der Waals surface area contributed by atoms with E-state index in [9.17, 15) is 15.0 Å². The largest absolute Gasteiger partial charge is 0.491 e. The lowest BCUT2D eigenvalue weighted by molar-refractivity contribution is -0.138. The Kier molecular flexibility index (Phi) is 6.66. The van der Waals surface area contributed by atoms with E-state index in [0.717, 1.165) is 44.3 Å². The molecular weight excluding hydrogens is 354 g/mol. The summed E-state index contributed by atoms with van der Waals surface area (Å²) in [5.74, 6) is 0.789. The minimum atomic E-state index is -0.921. The van der Waals surface area contributed by atoms with E-state index in [0.29, 0.717) is 25.9 Å². The van der Waals surface area contributed by atoms with E-state index in [1.54, 1.807) is 0 Å². The molecule has 1 saturated carbocycles. The highest BCUT2D eigenvalue weighted by Gasteiger charge is 2.36. The van der Waals surface area contributed by atoms with Crippen molar-refractivity contribution >= 4 is 5.91 Å². The number of ether oxygens (including phenoxy) is 1. The predicted molar refractivity (Wildman–Crippen MR) is 109 cm³/mol. The van der Waals surface area contributed by atoms with Crippen molar-refractivity contribution in [1.82, 2.24) is 4.90 Å². The third-order valence-corrected chi connectivity index (χ3v) is 6.52. The molecule has 1 aliphatic carbocycles. The number of hydrogen-bond donors (Lipinski definition) is 2. The fourth-order valence-corrected chi connectivity index (χ4v) is 4.37. The van der Waals surface area contributed by atoms with Gasteiger partial charge in [0.15, 0.2) is 0 Å². The topological polar surface area (TPSA) is 70.0 Å². The molecule has 1 aliphatic heterocycles. The highest BCUT2D eigenvalue weighted by atomic mass is 16.5. The van der Waals surface area contributed by atoms with Crippen LogP contribution in [0, 0.1) is 13.8 Å². The van der Waals surface area contributed by atoms with Crippen molar-refractivity contribution in [2.45, 2.75) is 82.8 Å². The minimum absolute atomic E-state index is 0.0173. The normalized spacial score (nSPS) is 25.2. The summed E-state index contributed by atoms with van der Waals surface area (Å²) in [4.78, 5) is 14.6. The summed E-state index contributed by atoms with van der Waals surface area (Å²) in [6, 6.07) is 5.96. The van der Waals surface area contributed by atoms with Crippen molar-refractivity contribution < 1.29 is 19.7 Å². The van der Waals surface area contributed by atoms with Gasteiger partial charge in [0.1, 0.15) is 18.0 Å². The molecular formula is C23H35NO4.